The van der Waals surface area contributed by atoms with Crippen molar-refractivity contribution >= 4 is 17.5 Å². The summed E-state index contributed by atoms with van der Waals surface area (Å²) in [6.07, 6.45) is 0.915. The van der Waals surface area contributed by atoms with Crippen molar-refractivity contribution in [3.05, 3.63) is 16.3 Å². The number of carboxylic acid groups (broad SMARTS) is 1. The summed E-state index contributed by atoms with van der Waals surface area (Å²) in [5.41, 5.74) is 4.86. The average molecular weight is 186 g/mol. The van der Waals surface area contributed by atoms with Crippen LogP contribution in [0.15, 0.2) is 6.20 Å². The SMILES string of the molecule is Nc1c([N+](=O)[O-])cnn1CC(=O)O. The summed E-state index contributed by atoms with van der Waals surface area (Å²) in [5.74, 6) is -1.42. The topological polar surface area (TPSA) is 124 Å². The zero-order chi connectivity index (χ0) is 10.0. The van der Waals surface area contributed by atoms with Gasteiger partial charge in [0, 0.05) is 0 Å². The van der Waals surface area contributed by atoms with Gasteiger partial charge in [0.2, 0.25) is 5.82 Å². The van der Waals surface area contributed by atoms with E-state index in [4.69, 9.17) is 10.8 Å². The van der Waals surface area contributed by atoms with E-state index in [9.17, 15) is 14.9 Å². The van der Waals surface area contributed by atoms with Crippen LogP contribution in [-0.2, 0) is 11.3 Å². The molecule has 70 valence electrons. The first-order valence-corrected chi connectivity index (χ1v) is 3.20. The summed E-state index contributed by atoms with van der Waals surface area (Å²) in [5, 5.41) is 22.0. The van der Waals surface area contributed by atoms with Crippen LogP contribution in [0.3, 0.4) is 0 Å². The molecule has 0 atom stereocenters. The van der Waals surface area contributed by atoms with Crippen molar-refractivity contribution in [1.82, 2.24) is 9.78 Å². The lowest BCUT2D eigenvalue weighted by Crippen LogP contribution is -2.12. The molecule has 8 heteroatoms. The molecule has 0 aliphatic heterocycles. The molecule has 13 heavy (non-hydrogen) atoms. The van der Waals surface area contributed by atoms with E-state index in [2.05, 4.69) is 5.10 Å². The van der Waals surface area contributed by atoms with Crippen LogP contribution >= 0.6 is 0 Å². The molecule has 0 amide bonds. The maximum Gasteiger partial charge on any atom is 0.330 e. The Balaban J connectivity index is 2.99. The number of nitrogens with zero attached hydrogens (tertiary/aromatic N) is 3. The molecule has 0 aliphatic rings. The smallest absolute Gasteiger partial charge is 0.330 e. The van der Waals surface area contributed by atoms with Gasteiger partial charge in [0.1, 0.15) is 12.7 Å². The van der Waals surface area contributed by atoms with Gasteiger partial charge in [0.25, 0.3) is 0 Å². The van der Waals surface area contributed by atoms with Gasteiger partial charge in [-0.1, -0.05) is 0 Å². The first kappa shape index (κ1) is 8.97. The van der Waals surface area contributed by atoms with Gasteiger partial charge in [-0.2, -0.15) is 5.10 Å². The largest absolute Gasteiger partial charge is 0.480 e. The van der Waals surface area contributed by atoms with Crippen molar-refractivity contribution in [2.75, 3.05) is 5.73 Å². The second-order valence-electron chi connectivity index (χ2n) is 2.22. The molecule has 0 aromatic carbocycles. The van der Waals surface area contributed by atoms with Gasteiger partial charge in [0.15, 0.2) is 0 Å². The van der Waals surface area contributed by atoms with Gasteiger partial charge in [-0.3, -0.25) is 14.9 Å². The predicted molar refractivity (Wildman–Crippen MR) is 40.9 cm³/mol. The van der Waals surface area contributed by atoms with E-state index in [-0.39, 0.29) is 11.5 Å². The van der Waals surface area contributed by atoms with Gasteiger partial charge in [0.05, 0.1) is 4.92 Å². The Morgan fingerprint density at radius 3 is 2.85 bits per heavy atom. The number of nitro groups is 1. The molecular weight excluding hydrogens is 180 g/mol. The third-order valence-corrected chi connectivity index (χ3v) is 1.34. The number of rotatable bonds is 3. The lowest BCUT2D eigenvalue weighted by atomic mass is 10.5. The number of aromatic nitrogens is 2. The molecule has 1 aromatic rings. The van der Waals surface area contributed by atoms with Crippen LogP contribution in [0.5, 0.6) is 0 Å². The van der Waals surface area contributed by atoms with Crippen LogP contribution in [0.25, 0.3) is 0 Å². The van der Waals surface area contributed by atoms with E-state index in [0.29, 0.717) is 0 Å². The summed E-state index contributed by atoms with van der Waals surface area (Å²) in [6, 6.07) is 0. The highest BCUT2D eigenvalue weighted by atomic mass is 16.6. The number of aliphatic carboxylic acids is 1. The Morgan fingerprint density at radius 2 is 2.46 bits per heavy atom. The highest BCUT2D eigenvalue weighted by Crippen LogP contribution is 2.19. The lowest BCUT2D eigenvalue weighted by molar-refractivity contribution is -0.384. The van der Waals surface area contributed by atoms with Crippen LogP contribution in [0.1, 0.15) is 0 Å². The van der Waals surface area contributed by atoms with Gasteiger partial charge in [-0.15, -0.1) is 0 Å². The first-order chi connectivity index (χ1) is 6.02. The summed E-state index contributed by atoms with van der Waals surface area (Å²) < 4.78 is 0.848. The minimum Gasteiger partial charge on any atom is -0.480 e. The maximum atomic E-state index is 10.2. The van der Waals surface area contributed by atoms with Crippen LogP contribution in [0.4, 0.5) is 11.5 Å². The van der Waals surface area contributed by atoms with Gasteiger partial charge in [-0.05, 0) is 0 Å². The Kier molecular flexibility index (Phi) is 2.13. The molecule has 0 unspecified atom stereocenters. The molecule has 0 spiro atoms. The highest BCUT2D eigenvalue weighted by Gasteiger charge is 2.18. The molecule has 3 N–H and O–H groups in total. The monoisotopic (exact) mass is 186 g/mol. The summed E-state index contributed by atoms with van der Waals surface area (Å²) in [7, 11) is 0. The second kappa shape index (κ2) is 3.09. The number of hydrogen-bond acceptors (Lipinski definition) is 5. The zero-order valence-corrected chi connectivity index (χ0v) is 6.38. The van der Waals surface area contributed by atoms with Crippen molar-refractivity contribution in [2.45, 2.75) is 6.54 Å². The fourth-order valence-corrected chi connectivity index (χ4v) is 0.780. The van der Waals surface area contributed by atoms with Gasteiger partial charge < -0.3 is 10.8 Å². The number of nitrogen functional groups attached to an aromatic ring is 1. The second-order valence-corrected chi connectivity index (χ2v) is 2.22. The van der Waals surface area contributed by atoms with Crippen LogP contribution in [-0.4, -0.2) is 25.8 Å². The molecular formula is C5H6N4O4. The molecule has 1 aromatic heterocycles. The van der Waals surface area contributed by atoms with Crippen LogP contribution in [0.2, 0.25) is 0 Å². The van der Waals surface area contributed by atoms with E-state index >= 15 is 0 Å². The number of carbonyl (C=O) groups is 1. The van der Waals surface area contributed by atoms with Crippen LogP contribution in [0, 0.1) is 10.1 Å². The molecule has 0 aliphatic carbocycles. The van der Waals surface area contributed by atoms with Crippen molar-refractivity contribution in [1.29, 1.82) is 0 Å². The van der Waals surface area contributed by atoms with Crippen molar-refractivity contribution in [3.8, 4) is 0 Å². The molecule has 0 fully saturated rings. The Hall–Kier alpha value is -2.12. The third kappa shape index (κ3) is 1.72. The highest BCUT2D eigenvalue weighted by molar-refractivity contribution is 5.67. The van der Waals surface area contributed by atoms with Crippen molar-refractivity contribution in [3.63, 3.8) is 0 Å². The van der Waals surface area contributed by atoms with E-state index in [1.807, 2.05) is 0 Å². The Bertz CT molecular complexity index is 357. The van der Waals surface area contributed by atoms with Gasteiger partial charge >= 0.3 is 11.7 Å². The minimum absolute atomic E-state index is 0.257. The molecule has 1 rings (SSSR count). The number of carboxylic acids is 1. The minimum atomic E-state index is -1.16. The van der Waals surface area contributed by atoms with Crippen molar-refractivity contribution < 1.29 is 14.8 Å². The first-order valence-electron chi connectivity index (χ1n) is 3.20. The molecule has 1 heterocycles. The lowest BCUT2D eigenvalue weighted by Gasteiger charge is -1.96. The average Bonchev–Trinajstić information content (AvgIpc) is 2.32. The fourth-order valence-electron chi connectivity index (χ4n) is 0.780. The molecule has 0 bridgehead atoms. The third-order valence-electron chi connectivity index (χ3n) is 1.34. The normalized spacial score (nSPS) is 9.85. The van der Waals surface area contributed by atoms with Gasteiger partial charge in [-0.25, -0.2) is 4.68 Å². The Labute approximate surface area is 71.7 Å². The van der Waals surface area contributed by atoms with E-state index in [1.54, 1.807) is 0 Å². The zero-order valence-electron chi connectivity index (χ0n) is 6.38. The van der Waals surface area contributed by atoms with E-state index < -0.39 is 17.4 Å². The standard InChI is InChI=1S/C5H6N4O4/c6-5-3(9(12)13)1-7-8(5)2-4(10)11/h1H,2,6H2,(H,10,11). The number of nitrogens with two attached hydrogens (primary N) is 1. The molecule has 0 saturated carbocycles. The molecule has 0 saturated heterocycles. The predicted octanol–water partition coefficient (Wildman–Crippen LogP) is -0.542. The quantitative estimate of drug-likeness (QED) is 0.482. The molecule has 0 radical (unpaired) electrons. The number of hydrogen-bond donors (Lipinski definition) is 2. The maximum absolute atomic E-state index is 10.2. The Morgan fingerprint density at radius 1 is 1.85 bits per heavy atom. The summed E-state index contributed by atoms with van der Waals surface area (Å²) in [4.78, 5) is 19.7. The van der Waals surface area contributed by atoms with E-state index in [0.717, 1.165) is 10.9 Å². The molecule has 8 nitrogen and oxygen atoms in total. The van der Waals surface area contributed by atoms with E-state index in [1.165, 1.54) is 0 Å². The fraction of sp³-hybridized carbons (Fsp3) is 0.200. The summed E-state index contributed by atoms with van der Waals surface area (Å²) >= 11 is 0. The van der Waals surface area contributed by atoms with Crippen molar-refractivity contribution in [2.24, 2.45) is 0 Å². The number of anilines is 1. The summed E-state index contributed by atoms with van der Waals surface area (Å²) in [6.45, 7) is -0.486. The van der Waals surface area contributed by atoms with Crippen LogP contribution < -0.4 is 5.73 Å².